The van der Waals surface area contributed by atoms with Crippen LogP contribution in [0.5, 0.6) is 0 Å². The van der Waals surface area contributed by atoms with E-state index in [1.165, 1.54) is 6.07 Å². The van der Waals surface area contributed by atoms with Crippen LogP contribution in [0.1, 0.15) is 15.9 Å². The van der Waals surface area contributed by atoms with Crippen molar-refractivity contribution in [3.05, 3.63) is 63.9 Å². The molecule has 0 radical (unpaired) electrons. The zero-order valence-corrected chi connectivity index (χ0v) is 12.8. The highest BCUT2D eigenvalue weighted by Gasteiger charge is 2.19. The van der Waals surface area contributed by atoms with E-state index in [2.05, 4.69) is 21.2 Å². The summed E-state index contributed by atoms with van der Waals surface area (Å²) in [6.07, 6.45) is -0.771. The van der Waals surface area contributed by atoms with E-state index in [0.717, 1.165) is 11.6 Å². The molecule has 2 aromatic rings. The summed E-state index contributed by atoms with van der Waals surface area (Å²) < 4.78 is 18.4. The molecular weight excluding hydrogens is 357 g/mol. The van der Waals surface area contributed by atoms with E-state index in [0.29, 0.717) is 0 Å². The Balaban J connectivity index is 2.06. The number of halogens is 2. The van der Waals surface area contributed by atoms with Crippen molar-refractivity contribution in [3.8, 4) is 0 Å². The average Bonchev–Trinajstić information content (AvgIpc) is 2.49. The highest BCUT2D eigenvalue weighted by atomic mass is 79.9. The molecule has 0 spiro atoms. The molecule has 2 N–H and O–H groups in total. The standard InChI is InChI=1S/C15H11BrFNO4/c16-13-11(7-6-10(17)12(13)14(19)20)18-15(21)22-8-9-4-2-1-3-5-9/h1-7H,8H2,(H,18,21)(H,19,20). The van der Waals surface area contributed by atoms with Crippen LogP contribution in [0, 0.1) is 5.82 Å². The number of ether oxygens (including phenoxy) is 1. The maximum Gasteiger partial charge on any atom is 0.411 e. The SMILES string of the molecule is O=C(Nc1ccc(F)c(C(=O)O)c1Br)OCc1ccccc1. The van der Waals surface area contributed by atoms with Gasteiger partial charge in [0.1, 0.15) is 18.0 Å². The lowest BCUT2D eigenvalue weighted by atomic mass is 10.2. The molecule has 114 valence electrons. The maximum absolute atomic E-state index is 13.4. The summed E-state index contributed by atoms with van der Waals surface area (Å²) in [4.78, 5) is 22.7. The number of amides is 1. The second kappa shape index (κ2) is 7.04. The summed E-state index contributed by atoms with van der Waals surface area (Å²) >= 11 is 2.97. The Morgan fingerprint density at radius 2 is 1.86 bits per heavy atom. The molecule has 2 aromatic carbocycles. The third kappa shape index (κ3) is 3.82. The van der Waals surface area contributed by atoms with Crippen molar-refractivity contribution in [2.24, 2.45) is 0 Å². The number of carboxylic acid groups (broad SMARTS) is 1. The van der Waals surface area contributed by atoms with Crippen molar-refractivity contribution in [1.29, 1.82) is 0 Å². The van der Waals surface area contributed by atoms with E-state index < -0.39 is 23.4 Å². The molecule has 0 saturated carbocycles. The van der Waals surface area contributed by atoms with Crippen LogP contribution < -0.4 is 5.32 Å². The first-order valence-corrected chi connectivity index (χ1v) is 6.97. The molecule has 0 heterocycles. The van der Waals surface area contributed by atoms with Crippen LogP contribution in [0.4, 0.5) is 14.9 Å². The lowest BCUT2D eigenvalue weighted by Gasteiger charge is -2.10. The second-order valence-corrected chi connectivity index (χ2v) is 5.07. The Kier molecular flexibility index (Phi) is 5.11. The third-order valence-corrected chi connectivity index (χ3v) is 3.58. The topological polar surface area (TPSA) is 75.6 Å². The Morgan fingerprint density at radius 3 is 2.50 bits per heavy atom. The van der Waals surface area contributed by atoms with Gasteiger partial charge in [-0.15, -0.1) is 0 Å². The van der Waals surface area contributed by atoms with Gasteiger partial charge in [0.2, 0.25) is 0 Å². The Bertz CT molecular complexity index is 706. The second-order valence-electron chi connectivity index (χ2n) is 4.28. The maximum atomic E-state index is 13.4. The van der Waals surface area contributed by atoms with Crippen LogP contribution >= 0.6 is 15.9 Å². The number of nitrogens with one attached hydrogen (secondary N) is 1. The molecule has 5 nitrogen and oxygen atoms in total. The summed E-state index contributed by atoms with van der Waals surface area (Å²) in [5.74, 6) is -2.34. The zero-order valence-electron chi connectivity index (χ0n) is 11.2. The van der Waals surface area contributed by atoms with Crippen molar-refractivity contribution in [2.45, 2.75) is 6.61 Å². The van der Waals surface area contributed by atoms with Crippen molar-refractivity contribution in [2.75, 3.05) is 5.32 Å². The van der Waals surface area contributed by atoms with E-state index in [1.807, 2.05) is 18.2 Å². The fourth-order valence-corrected chi connectivity index (χ4v) is 2.30. The van der Waals surface area contributed by atoms with Crippen molar-refractivity contribution < 1.29 is 23.8 Å². The molecule has 0 atom stereocenters. The Hall–Kier alpha value is -2.41. The normalized spacial score (nSPS) is 10.1. The van der Waals surface area contributed by atoms with Crippen molar-refractivity contribution in [3.63, 3.8) is 0 Å². The van der Waals surface area contributed by atoms with Crippen LogP contribution in [0.3, 0.4) is 0 Å². The van der Waals surface area contributed by atoms with Crippen molar-refractivity contribution >= 4 is 33.7 Å². The largest absolute Gasteiger partial charge is 0.478 e. The fourth-order valence-electron chi connectivity index (χ4n) is 1.71. The molecule has 1 amide bonds. The molecule has 0 fully saturated rings. The molecule has 0 saturated heterocycles. The monoisotopic (exact) mass is 367 g/mol. The van der Waals surface area contributed by atoms with Gasteiger partial charge in [-0.3, -0.25) is 5.32 Å². The number of carbonyl (C=O) groups excluding carboxylic acids is 1. The van der Waals surface area contributed by atoms with E-state index in [-0.39, 0.29) is 16.8 Å². The smallest absolute Gasteiger partial charge is 0.411 e. The first-order valence-electron chi connectivity index (χ1n) is 6.18. The summed E-state index contributed by atoms with van der Waals surface area (Å²) in [5, 5.41) is 11.3. The molecule has 0 bridgehead atoms. The average molecular weight is 368 g/mol. The Labute approximate surface area is 133 Å². The van der Waals surface area contributed by atoms with Crippen LogP contribution in [0.2, 0.25) is 0 Å². The summed E-state index contributed by atoms with van der Waals surface area (Å²) in [5.41, 5.74) is 0.361. The third-order valence-electron chi connectivity index (χ3n) is 2.75. The minimum atomic E-state index is -1.44. The molecular formula is C15H11BrFNO4. The molecule has 0 unspecified atom stereocenters. The number of hydrogen-bond donors (Lipinski definition) is 2. The van der Waals surface area contributed by atoms with Crippen molar-refractivity contribution in [1.82, 2.24) is 0 Å². The van der Waals surface area contributed by atoms with E-state index in [1.54, 1.807) is 12.1 Å². The van der Waals surface area contributed by atoms with E-state index in [4.69, 9.17) is 9.84 Å². The van der Waals surface area contributed by atoms with Crippen LogP contribution in [0.15, 0.2) is 46.9 Å². The van der Waals surface area contributed by atoms with E-state index >= 15 is 0 Å². The summed E-state index contributed by atoms with van der Waals surface area (Å²) in [7, 11) is 0. The van der Waals surface area contributed by atoms with Gasteiger partial charge < -0.3 is 9.84 Å². The summed E-state index contributed by atoms with van der Waals surface area (Å²) in [6.45, 7) is 0.0667. The number of carboxylic acids is 1. The van der Waals surface area contributed by atoms with Gasteiger partial charge in [0.15, 0.2) is 0 Å². The molecule has 0 aliphatic heterocycles. The minimum absolute atomic E-state index is 0.0586. The highest BCUT2D eigenvalue weighted by Crippen LogP contribution is 2.29. The molecule has 2 rings (SSSR count). The van der Waals surface area contributed by atoms with Gasteiger partial charge in [-0.05, 0) is 33.6 Å². The quantitative estimate of drug-likeness (QED) is 0.854. The van der Waals surface area contributed by atoms with E-state index in [9.17, 15) is 14.0 Å². The van der Waals surface area contributed by atoms with Gasteiger partial charge in [-0.2, -0.15) is 0 Å². The number of aromatic carboxylic acids is 1. The lowest BCUT2D eigenvalue weighted by Crippen LogP contribution is -2.15. The first kappa shape index (κ1) is 16.0. The zero-order chi connectivity index (χ0) is 16.1. The molecule has 7 heteroatoms. The lowest BCUT2D eigenvalue weighted by molar-refractivity contribution is 0.0690. The predicted octanol–water partition coefficient (Wildman–Crippen LogP) is 4.04. The van der Waals surface area contributed by atoms with Gasteiger partial charge in [0.05, 0.1) is 10.2 Å². The van der Waals surface area contributed by atoms with Crippen LogP contribution in [0.25, 0.3) is 0 Å². The number of carbonyl (C=O) groups is 2. The molecule has 0 aromatic heterocycles. The number of anilines is 1. The molecule has 0 aliphatic rings. The Morgan fingerprint density at radius 1 is 1.18 bits per heavy atom. The highest BCUT2D eigenvalue weighted by molar-refractivity contribution is 9.10. The number of benzene rings is 2. The number of hydrogen-bond acceptors (Lipinski definition) is 3. The first-order chi connectivity index (χ1) is 10.5. The minimum Gasteiger partial charge on any atom is -0.478 e. The fraction of sp³-hybridized carbons (Fsp3) is 0.0667. The van der Waals surface area contributed by atoms with Gasteiger partial charge >= 0.3 is 12.1 Å². The van der Waals surface area contributed by atoms with Gasteiger partial charge in [0, 0.05) is 0 Å². The van der Waals surface area contributed by atoms with Gasteiger partial charge in [-0.1, -0.05) is 30.3 Å². The van der Waals surface area contributed by atoms with Crippen LogP contribution in [-0.4, -0.2) is 17.2 Å². The predicted molar refractivity (Wildman–Crippen MR) is 81.3 cm³/mol. The molecule has 0 aliphatic carbocycles. The van der Waals surface area contributed by atoms with Gasteiger partial charge in [0.25, 0.3) is 0 Å². The van der Waals surface area contributed by atoms with Gasteiger partial charge in [-0.25, -0.2) is 14.0 Å². The van der Waals surface area contributed by atoms with Crippen LogP contribution in [-0.2, 0) is 11.3 Å². The molecule has 22 heavy (non-hydrogen) atoms. The number of rotatable bonds is 4. The summed E-state index contributed by atoms with van der Waals surface area (Å²) in [6, 6.07) is 11.3.